The number of rotatable bonds is 3. The quantitative estimate of drug-likeness (QED) is 0.798. The van der Waals surface area contributed by atoms with E-state index in [0.717, 1.165) is 17.9 Å². The van der Waals surface area contributed by atoms with Crippen molar-refractivity contribution >= 4 is 0 Å². The Kier molecular flexibility index (Phi) is 2.60. The molecule has 0 atom stereocenters. The fourth-order valence-corrected chi connectivity index (χ4v) is 1.39. The van der Waals surface area contributed by atoms with Crippen LogP contribution in [0.2, 0.25) is 0 Å². The third kappa shape index (κ3) is 1.83. The van der Waals surface area contributed by atoms with Gasteiger partial charge in [0.05, 0.1) is 5.69 Å². The first-order chi connectivity index (χ1) is 6.90. The smallest absolute Gasteiger partial charge is 0.181 e. The molecular formula is C11H12N2O. The van der Waals surface area contributed by atoms with E-state index in [2.05, 4.69) is 17.1 Å². The van der Waals surface area contributed by atoms with Gasteiger partial charge in [0, 0.05) is 13.0 Å². The van der Waals surface area contributed by atoms with Crippen LogP contribution in [-0.4, -0.2) is 4.98 Å². The highest BCUT2D eigenvalue weighted by atomic mass is 16.3. The molecular weight excluding hydrogens is 176 g/mol. The molecule has 0 radical (unpaired) electrons. The Balaban J connectivity index is 2.19. The maximum atomic E-state index is 5.53. The third-order valence-corrected chi connectivity index (χ3v) is 2.13. The molecule has 0 unspecified atom stereocenters. The SMILES string of the molecule is NCc1ncoc1Cc1ccccc1. The van der Waals surface area contributed by atoms with Crippen molar-refractivity contribution in [1.82, 2.24) is 4.98 Å². The van der Waals surface area contributed by atoms with E-state index in [-0.39, 0.29) is 0 Å². The van der Waals surface area contributed by atoms with E-state index in [4.69, 9.17) is 10.2 Å². The number of hydrogen-bond acceptors (Lipinski definition) is 3. The molecule has 3 heteroatoms. The molecule has 1 aromatic heterocycles. The molecule has 1 heterocycles. The van der Waals surface area contributed by atoms with Crippen molar-refractivity contribution in [3.8, 4) is 0 Å². The van der Waals surface area contributed by atoms with Gasteiger partial charge in [-0.25, -0.2) is 4.98 Å². The summed E-state index contributed by atoms with van der Waals surface area (Å²) in [5.74, 6) is 0.860. The number of aromatic nitrogens is 1. The van der Waals surface area contributed by atoms with Crippen molar-refractivity contribution in [2.75, 3.05) is 0 Å². The highest BCUT2D eigenvalue weighted by molar-refractivity contribution is 5.22. The molecule has 0 aliphatic carbocycles. The molecule has 0 aliphatic heterocycles. The zero-order chi connectivity index (χ0) is 9.80. The van der Waals surface area contributed by atoms with Crippen molar-refractivity contribution in [3.05, 3.63) is 53.7 Å². The van der Waals surface area contributed by atoms with E-state index in [1.54, 1.807) is 0 Å². The van der Waals surface area contributed by atoms with Gasteiger partial charge in [-0.05, 0) is 5.56 Å². The molecule has 72 valence electrons. The zero-order valence-corrected chi connectivity index (χ0v) is 7.81. The van der Waals surface area contributed by atoms with Gasteiger partial charge in [0.15, 0.2) is 6.39 Å². The molecule has 0 spiro atoms. The molecule has 3 nitrogen and oxygen atoms in total. The van der Waals surface area contributed by atoms with Gasteiger partial charge in [-0.3, -0.25) is 0 Å². The second kappa shape index (κ2) is 4.07. The van der Waals surface area contributed by atoms with Crippen LogP contribution >= 0.6 is 0 Å². The number of oxazole rings is 1. The van der Waals surface area contributed by atoms with Gasteiger partial charge in [0.2, 0.25) is 0 Å². The molecule has 2 rings (SSSR count). The minimum atomic E-state index is 0.429. The first-order valence-corrected chi connectivity index (χ1v) is 4.55. The summed E-state index contributed by atoms with van der Waals surface area (Å²) in [6, 6.07) is 10.1. The maximum Gasteiger partial charge on any atom is 0.181 e. The van der Waals surface area contributed by atoms with Gasteiger partial charge in [0.25, 0.3) is 0 Å². The molecule has 14 heavy (non-hydrogen) atoms. The Morgan fingerprint density at radius 3 is 2.71 bits per heavy atom. The lowest BCUT2D eigenvalue weighted by Gasteiger charge is -1.98. The Morgan fingerprint density at radius 1 is 1.21 bits per heavy atom. The van der Waals surface area contributed by atoms with Crippen molar-refractivity contribution in [2.45, 2.75) is 13.0 Å². The van der Waals surface area contributed by atoms with Gasteiger partial charge >= 0.3 is 0 Å². The fraction of sp³-hybridized carbons (Fsp3) is 0.182. The largest absolute Gasteiger partial charge is 0.448 e. The Hall–Kier alpha value is -1.61. The van der Waals surface area contributed by atoms with E-state index in [0.29, 0.717) is 6.54 Å². The number of nitrogens with two attached hydrogens (primary N) is 1. The van der Waals surface area contributed by atoms with Crippen LogP contribution in [0.1, 0.15) is 17.0 Å². The average Bonchev–Trinajstić information content (AvgIpc) is 2.67. The lowest BCUT2D eigenvalue weighted by molar-refractivity contribution is 0.511. The summed E-state index contributed by atoms with van der Waals surface area (Å²) in [6.07, 6.45) is 2.20. The monoisotopic (exact) mass is 188 g/mol. The summed E-state index contributed by atoms with van der Waals surface area (Å²) < 4.78 is 5.27. The summed E-state index contributed by atoms with van der Waals surface area (Å²) in [7, 11) is 0. The Bertz CT molecular complexity index is 395. The van der Waals surface area contributed by atoms with E-state index >= 15 is 0 Å². The van der Waals surface area contributed by atoms with Gasteiger partial charge in [0.1, 0.15) is 5.76 Å². The molecule has 0 fully saturated rings. The standard InChI is InChI=1S/C11H12N2O/c12-7-10-11(14-8-13-10)6-9-4-2-1-3-5-9/h1-5,8H,6-7,12H2. The topological polar surface area (TPSA) is 52.0 Å². The second-order valence-electron chi connectivity index (χ2n) is 3.09. The van der Waals surface area contributed by atoms with Crippen LogP contribution in [0, 0.1) is 0 Å². The predicted molar refractivity (Wildman–Crippen MR) is 53.6 cm³/mol. The molecule has 0 saturated heterocycles. The molecule has 0 aliphatic rings. The van der Waals surface area contributed by atoms with Crippen molar-refractivity contribution in [3.63, 3.8) is 0 Å². The van der Waals surface area contributed by atoms with Crippen molar-refractivity contribution in [2.24, 2.45) is 5.73 Å². The summed E-state index contributed by atoms with van der Waals surface area (Å²) in [6.45, 7) is 0.429. The number of hydrogen-bond donors (Lipinski definition) is 1. The van der Waals surface area contributed by atoms with Crippen LogP contribution in [0.5, 0.6) is 0 Å². The van der Waals surface area contributed by atoms with E-state index < -0.39 is 0 Å². The molecule has 0 amide bonds. The van der Waals surface area contributed by atoms with Crippen LogP contribution in [0.15, 0.2) is 41.1 Å². The highest BCUT2D eigenvalue weighted by Gasteiger charge is 2.06. The normalized spacial score (nSPS) is 10.4. The van der Waals surface area contributed by atoms with Crippen LogP contribution in [-0.2, 0) is 13.0 Å². The summed E-state index contributed by atoms with van der Waals surface area (Å²) in [5.41, 5.74) is 7.58. The van der Waals surface area contributed by atoms with Crippen molar-refractivity contribution in [1.29, 1.82) is 0 Å². The zero-order valence-electron chi connectivity index (χ0n) is 7.81. The van der Waals surface area contributed by atoms with Gasteiger partial charge in [-0.15, -0.1) is 0 Å². The van der Waals surface area contributed by atoms with E-state index in [9.17, 15) is 0 Å². The van der Waals surface area contributed by atoms with Crippen molar-refractivity contribution < 1.29 is 4.42 Å². The van der Waals surface area contributed by atoms with Crippen LogP contribution in [0.25, 0.3) is 0 Å². The molecule has 1 aromatic carbocycles. The highest BCUT2D eigenvalue weighted by Crippen LogP contribution is 2.12. The van der Waals surface area contributed by atoms with Crippen LogP contribution < -0.4 is 5.73 Å². The van der Waals surface area contributed by atoms with Crippen LogP contribution in [0.3, 0.4) is 0 Å². The van der Waals surface area contributed by atoms with Gasteiger partial charge < -0.3 is 10.2 Å². The summed E-state index contributed by atoms with van der Waals surface area (Å²) >= 11 is 0. The van der Waals surface area contributed by atoms with E-state index in [1.165, 1.54) is 12.0 Å². The lowest BCUT2D eigenvalue weighted by atomic mass is 10.1. The minimum Gasteiger partial charge on any atom is -0.448 e. The minimum absolute atomic E-state index is 0.429. The maximum absolute atomic E-state index is 5.53. The molecule has 0 saturated carbocycles. The van der Waals surface area contributed by atoms with Gasteiger partial charge in [-0.1, -0.05) is 30.3 Å². The Labute approximate surface area is 82.6 Å². The van der Waals surface area contributed by atoms with E-state index in [1.807, 2.05) is 18.2 Å². The fourth-order valence-electron chi connectivity index (χ4n) is 1.39. The Morgan fingerprint density at radius 2 is 2.00 bits per heavy atom. The molecule has 2 N–H and O–H groups in total. The first kappa shape index (κ1) is 8.97. The average molecular weight is 188 g/mol. The lowest BCUT2D eigenvalue weighted by Crippen LogP contribution is -2.00. The third-order valence-electron chi connectivity index (χ3n) is 2.13. The van der Waals surface area contributed by atoms with Gasteiger partial charge in [-0.2, -0.15) is 0 Å². The number of benzene rings is 1. The number of nitrogens with zero attached hydrogens (tertiary/aromatic N) is 1. The van der Waals surface area contributed by atoms with Crippen LogP contribution in [0.4, 0.5) is 0 Å². The second-order valence-corrected chi connectivity index (χ2v) is 3.09. The predicted octanol–water partition coefficient (Wildman–Crippen LogP) is 1.72. The summed E-state index contributed by atoms with van der Waals surface area (Å²) in [4.78, 5) is 4.04. The summed E-state index contributed by atoms with van der Waals surface area (Å²) in [5, 5.41) is 0. The molecule has 0 bridgehead atoms. The first-order valence-electron chi connectivity index (χ1n) is 4.55. The molecule has 2 aromatic rings.